The molecule has 1 aliphatic rings. The summed E-state index contributed by atoms with van der Waals surface area (Å²) in [5.74, 6) is -0.200. The molecule has 1 aromatic rings. The SMILES string of the molecule is CCCS(=O)(=O)N1CCC[C@H](C(=O)N[C@@H](C)c2cccc(Br)c2)C1. The van der Waals surface area contributed by atoms with Crippen LogP contribution in [0.15, 0.2) is 28.7 Å². The van der Waals surface area contributed by atoms with Crippen molar-refractivity contribution < 1.29 is 13.2 Å². The molecule has 1 heterocycles. The first-order valence-electron chi connectivity index (χ1n) is 8.37. The van der Waals surface area contributed by atoms with Crippen LogP contribution in [0.2, 0.25) is 0 Å². The highest BCUT2D eigenvalue weighted by molar-refractivity contribution is 9.10. The molecule has 1 fully saturated rings. The molecule has 0 unspecified atom stereocenters. The lowest BCUT2D eigenvalue weighted by Crippen LogP contribution is -2.46. The number of nitrogens with zero attached hydrogens (tertiary/aromatic N) is 1. The van der Waals surface area contributed by atoms with Gasteiger partial charge >= 0.3 is 0 Å². The van der Waals surface area contributed by atoms with Gasteiger partial charge in [-0.05, 0) is 43.9 Å². The van der Waals surface area contributed by atoms with E-state index in [0.29, 0.717) is 19.5 Å². The van der Waals surface area contributed by atoms with Gasteiger partial charge in [-0.2, -0.15) is 0 Å². The second kappa shape index (κ2) is 8.45. The zero-order chi connectivity index (χ0) is 17.7. The number of hydrogen-bond acceptors (Lipinski definition) is 3. The van der Waals surface area contributed by atoms with E-state index in [-0.39, 0.29) is 23.6 Å². The van der Waals surface area contributed by atoms with Gasteiger partial charge in [0.25, 0.3) is 0 Å². The monoisotopic (exact) mass is 416 g/mol. The van der Waals surface area contributed by atoms with Gasteiger partial charge in [-0.3, -0.25) is 4.79 Å². The van der Waals surface area contributed by atoms with E-state index in [0.717, 1.165) is 22.9 Å². The van der Waals surface area contributed by atoms with Crippen LogP contribution in [0.5, 0.6) is 0 Å². The van der Waals surface area contributed by atoms with E-state index in [1.54, 1.807) is 0 Å². The summed E-state index contributed by atoms with van der Waals surface area (Å²) < 4.78 is 26.9. The van der Waals surface area contributed by atoms with E-state index in [1.807, 2.05) is 38.1 Å². The molecule has 1 aromatic carbocycles. The van der Waals surface area contributed by atoms with Crippen molar-refractivity contribution in [3.63, 3.8) is 0 Å². The predicted molar refractivity (Wildman–Crippen MR) is 99.1 cm³/mol. The minimum Gasteiger partial charge on any atom is -0.349 e. The Bertz CT molecular complexity index is 678. The van der Waals surface area contributed by atoms with Crippen molar-refractivity contribution in [3.8, 4) is 0 Å². The summed E-state index contributed by atoms with van der Waals surface area (Å²) in [6, 6.07) is 7.70. The maximum atomic E-state index is 12.6. The first kappa shape index (κ1) is 19.4. The fourth-order valence-corrected chi connectivity index (χ4v) is 4.99. The summed E-state index contributed by atoms with van der Waals surface area (Å²) in [5.41, 5.74) is 1.02. The molecule has 2 rings (SSSR count). The lowest BCUT2D eigenvalue weighted by atomic mass is 9.98. The number of nitrogens with one attached hydrogen (secondary N) is 1. The Morgan fingerprint density at radius 3 is 2.88 bits per heavy atom. The van der Waals surface area contributed by atoms with Crippen LogP contribution < -0.4 is 5.32 Å². The molecule has 7 heteroatoms. The Balaban J connectivity index is 1.99. The van der Waals surface area contributed by atoms with Crippen LogP contribution in [0.25, 0.3) is 0 Å². The molecule has 0 bridgehead atoms. The first-order chi connectivity index (χ1) is 11.3. The second-order valence-corrected chi connectivity index (χ2v) is 9.30. The van der Waals surface area contributed by atoms with E-state index in [4.69, 9.17) is 0 Å². The standard InChI is InChI=1S/C17H25BrN2O3S/c1-3-10-24(22,23)20-9-5-7-15(12-20)17(21)19-13(2)14-6-4-8-16(18)11-14/h4,6,8,11,13,15H,3,5,7,9-10,12H2,1-2H3,(H,19,21)/t13-,15-/m0/s1. The molecule has 0 saturated carbocycles. The molecule has 24 heavy (non-hydrogen) atoms. The summed E-state index contributed by atoms with van der Waals surface area (Å²) in [4.78, 5) is 12.6. The van der Waals surface area contributed by atoms with Gasteiger partial charge in [0, 0.05) is 17.6 Å². The Morgan fingerprint density at radius 2 is 2.21 bits per heavy atom. The molecule has 1 N–H and O–H groups in total. The number of hydrogen-bond donors (Lipinski definition) is 1. The Kier molecular flexibility index (Phi) is 6.83. The van der Waals surface area contributed by atoms with Crippen LogP contribution in [-0.4, -0.2) is 37.5 Å². The van der Waals surface area contributed by atoms with Crippen molar-refractivity contribution in [2.45, 2.75) is 39.2 Å². The van der Waals surface area contributed by atoms with Crippen LogP contribution in [0.4, 0.5) is 0 Å². The van der Waals surface area contributed by atoms with Gasteiger partial charge in [-0.15, -0.1) is 0 Å². The van der Waals surface area contributed by atoms with E-state index >= 15 is 0 Å². The molecule has 134 valence electrons. The van der Waals surface area contributed by atoms with Gasteiger partial charge in [0.05, 0.1) is 17.7 Å². The molecule has 1 amide bonds. The molecule has 2 atom stereocenters. The molecule has 1 saturated heterocycles. The van der Waals surface area contributed by atoms with Crippen molar-refractivity contribution in [2.75, 3.05) is 18.8 Å². The minimum atomic E-state index is -3.24. The molecular weight excluding hydrogens is 392 g/mol. The normalized spacial score (nSPS) is 20.5. The molecular formula is C17H25BrN2O3S. The van der Waals surface area contributed by atoms with Crippen LogP contribution in [0.3, 0.4) is 0 Å². The lowest BCUT2D eigenvalue weighted by molar-refractivity contribution is -0.126. The largest absolute Gasteiger partial charge is 0.349 e. The molecule has 5 nitrogen and oxygen atoms in total. The molecule has 0 radical (unpaired) electrons. The molecule has 1 aliphatic heterocycles. The van der Waals surface area contributed by atoms with E-state index in [9.17, 15) is 13.2 Å². The Morgan fingerprint density at radius 1 is 1.46 bits per heavy atom. The predicted octanol–water partition coefficient (Wildman–Crippen LogP) is 3.08. The Labute approximate surface area is 153 Å². The van der Waals surface area contributed by atoms with Crippen LogP contribution in [-0.2, 0) is 14.8 Å². The second-order valence-electron chi connectivity index (χ2n) is 6.30. The number of benzene rings is 1. The topological polar surface area (TPSA) is 66.5 Å². The molecule has 0 spiro atoms. The number of sulfonamides is 1. The van der Waals surface area contributed by atoms with Gasteiger partial charge in [0.1, 0.15) is 0 Å². The van der Waals surface area contributed by atoms with Crippen LogP contribution in [0.1, 0.15) is 44.7 Å². The zero-order valence-electron chi connectivity index (χ0n) is 14.2. The average molecular weight is 417 g/mol. The Hall–Kier alpha value is -0.920. The van der Waals surface area contributed by atoms with E-state index in [1.165, 1.54) is 4.31 Å². The highest BCUT2D eigenvalue weighted by Crippen LogP contribution is 2.22. The molecule has 0 aliphatic carbocycles. The first-order valence-corrected chi connectivity index (χ1v) is 10.8. The van der Waals surface area contributed by atoms with E-state index < -0.39 is 10.0 Å². The third-order valence-electron chi connectivity index (χ3n) is 4.32. The highest BCUT2D eigenvalue weighted by Gasteiger charge is 2.32. The highest BCUT2D eigenvalue weighted by atomic mass is 79.9. The number of halogens is 1. The number of piperidine rings is 1. The minimum absolute atomic E-state index is 0.0705. The number of carbonyl (C=O) groups excluding carboxylic acids is 1. The molecule has 0 aromatic heterocycles. The summed E-state index contributed by atoms with van der Waals surface area (Å²) >= 11 is 3.43. The van der Waals surface area contributed by atoms with Crippen molar-refractivity contribution in [1.29, 1.82) is 0 Å². The van der Waals surface area contributed by atoms with Crippen molar-refractivity contribution >= 4 is 31.9 Å². The van der Waals surface area contributed by atoms with Gasteiger partial charge in [-0.25, -0.2) is 12.7 Å². The lowest BCUT2D eigenvalue weighted by Gasteiger charge is -2.31. The third kappa shape index (κ3) is 5.04. The quantitative estimate of drug-likeness (QED) is 0.774. The fraction of sp³-hybridized carbons (Fsp3) is 0.588. The number of carbonyl (C=O) groups is 1. The zero-order valence-corrected chi connectivity index (χ0v) is 16.6. The van der Waals surface area contributed by atoms with Crippen molar-refractivity contribution in [1.82, 2.24) is 9.62 Å². The maximum Gasteiger partial charge on any atom is 0.224 e. The summed E-state index contributed by atoms with van der Waals surface area (Å²) in [6.45, 7) is 4.60. The van der Waals surface area contributed by atoms with Gasteiger partial charge in [0.2, 0.25) is 15.9 Å². The summed E-state index contributed by atoms with van der Waals surface area (Å²) in [6.07, 6.45) is 2.05. The van der Waals surface area contributed by atoms with Crippen LogP contribution in [0, 0.1) is 5.92 Å². The summed E-state index contributed by atoms with van der Waals surface area (Å²) in [7, 11) is -3.24. The number of amides is 1. The van der Waals surface area contributed by atoms with Crippen LogP contribution >= 0.6 is 15.9 Å². The number of rotatable bonds is 6. The van der Waals surface area contributed by atoms with Crippen molar-refractivity contribution in [2.24, 2.45) is 5.92 Å². The van der Waals surface area contributed by atoms with E-state index in [2.05, 4.69) is 21.2 Å². The smallest absolute Gasteiger partial charge is 0.224 e. The maximum absolute atomic E-state index is 12.6. The average Bonchev–Trinajstić information content (AvgIpc) is 2.55. The third-order valence-corrected chi connectivity index (χ3v) is 6.85. The van der Waals surface area contributed by atoms with Gasteiger partial charge < -0.3 is 5.32 Å². The van der Waals surface area contributed by atoms with Gasteiger partial charge in [-0.1, -0.05) is 35.0 Å². The van der Waals surface area contributed by atoms with Gasteiger partial charge in [0.15, 0.2) is 0 Å². The van der Waals surface area contributed by atoms with Crippen molar-refractivity contribution in [3.05, 3.63) is 34.3 Å². The summed E-state index contributed by atoms with van der Waals surface area (Å²) in [5, 5.41) is 3.02. The fourth-order valence-electron chi connectivity index (χ4n) is 2.99.